The van der Waals surface area contributed by atoms with Crippen molar-refractivity contribution in [2.45, 2.75) is 12.8 Å². The summed E-state index contributed by atoms with van der Waals surface area (Å²) in [6.45, 7) is 3.78. The standard InChI is InChI=1S/C10H10ClN2/c1-2-3-10-12-8-5-4-7(11)6-9(8)13-10/h4-6H,1-3H2,(H,12,13). The molecule has 0 atom stereocenters. The van der Waals surface area contributed by atoms with E-state index in [1.54, 1.807) is 0 Å². The van der Waals surface area contributed by atoms with E-state index in [9.17, 15) is 0 Å². The molecule has 0 saturated carbocycles. The third-order valence-corrected chi connectivity index (χ3v) is 2.14. The first-order valence-electron chi connectivity index (χ1n) is 4.23. The van der Waals surface area contributed by atoms with E-state index in [2.05, 4.69) is 16.9 Å². The van der Waals surface area contributed by atoms with Gasteiger partial charge in [-0.25, -0.2) is 4.98 Å². The molecule has 0 aliphatic carbocycles. The van der Waals surface area contributed by atoms with Gasteiger partial charge >= 0.3 is 0 Å². The Kier molecular flexibility index (Phi) is 2.23. The van der Waals surface area contributed by atoms with E-state index in [1.165, 1.54) is 0 Å². The highest BCUT2D eigenvalue weighted by Crippen LogP contribution is 2.17. The van der Waals surface area contributed by atoms with Crippen molar-refractivity contribution in [3.8, 4) is 0 Å². The molecule has 2 nitrogen and oxygen atoms in total. The molecule has 1 aromatic heterocycles. The van der Waals surface area contributed by atoms with E-state index in [4.69, 9.17) is 11.6 Å². The van der Waals surface area contributed by atoms with Crippen molar-refractivity contribution in [2.24, 2.45) is 0 Å². The largest absolute Gasteiger partial charge is 0.342 e. The molecule has 1 N–H and O–H groups in total. The molecule has 13 heavy (non-hydrogen) atoms. The van der Waals surface area contributed by atoms with Gasteiger partial charge in [0.05, 0.1) is 11.0 Å². The fraction of sp³-hybridized carbons (Fsp3) is 0.200. The molecule has 0 unspecified atom stereocenters. The van der Waals surface area contributed by atoms with Gasteiger partial charge in [-0.05, 0) is 24.6 Å². The molecule has 2 rings (SSSR count). The van der Waals surface area contributed by atoms with Crippen LogP contribution in [0.25, 0.3) is 11.0 Å². The zero-order chi connectivity index (χ0) is 9.26. The van der Waals surface area contributed by atoms with Crippen LogP contribution in [-0.4, -0.2) is 9.97 Å². The number of aryl methyl sites for hydroxylation is 1. The molecule has 0 bridgehead atoms. The van der Waals surface area contributed by atoms with Gasteiger partial charge in [-0.2, -0.15) is 0 Å². The van der Waals surface area contributed by atoms with Crippen LogP contribution in [0, 0.1) is 6.92 Å². The van der Waals surface area contributed by atoms with Crippen molar-refractivity contribution in [2.75, 3.05) is 0 Å². The van der Waals surface area contributed by atoms with Gasteiger partial charge in [0, 0.05) is 11.4 Å². The Labute approximate surface area is 81.9 Å². The van der Waals surface area contributed by atoms with Crippen LogP contribution in [0.4, 0.5) is 0 Å². The van der Waals surface area contributed by atoms with Gasteiger partial charge < -0.3 is 4.98 Å². The number of halogens is 1. The maximum atomic E-state index is 5.84. The quantitative estimate of drug-likeness (QED) is 0.781. The van der Waals surface area contributed by atoms with E-state index in [0.717, 1.165) is 34.7 Å². The van der Waals surface area contributed by atoms with E-state index < -0.39 is 0 Å². The van der Waals surface area contributed by atoms with Crippen LogP contribution in [0.2, 0.25) is 5.02 Å². The summed E-state index contributed by atoms with van der Waals surface area (Å²) in [7, 11) is 0. The minimum absolute atomic E-state index is 0.734. The normalized spacial score (nSPS) is 10.9. The molecule has 0 aliphatic heterocycles. The predicted molar refractivity (Wildman–Crippen MR) is 54.8 cm³/mol. The number of hydrogen-bond donors (Lipinski definition) is 1. The Morgan fingerprint density at radius 2 is 2.31 bits per heavy atom. The van der Waals surface area contributed by atoms with Gasteiger partial charge in [0.2, 0.25) is 0 Å². The molecular weight excluding hydrogens is 184 g/mol. The highest BCUT2D eigenvalue weighted by Gasteiger charge is 2.01. The Morgan fingerprint density at radius 3 is 3.08 bits per heavy atom. The average Bonchev–Trinajstić information content (AvgIpc) is 2.46. The number of nitrogens with zero attached hydrogens (tertiary/aromatic N) is 1. The fourth-order valence-electron chi connectivity index (χ4n) is 1.32. The maximum absolute atomic E-state index is 5.84. The minimum Gasteiger partial charge on any atom is -0.342 e. The SMILES string of the molecule is [CH2]CCc1nc2ccc(Cl)cc2[nH]1. The lowest BCUT2D eigenvalue weighted by Crippen LogP contribution is -1.84. The van der Waals surface area contributed by atoms with Crippen LogP contribution in [0.3, 0.4) is 0 Å². The highest BCUT2D eigenvalue weighted by molar-refractivity contribution is 6.31. The Hall–Kier alpha value is -1.02. The van der Waals surface area contributed by atoms with Gasteiger partial charge in [-0.3, -0.25) is 0 Å². The number of nitrogens with one attached hydrogen (secondary N) is 1. The van der Waals surface area contributed by atoms with Crippen LogP contribution < -0.4 is 0 Å². The van der Waals surface area contributed by atoms with E-state index in [1.807, 2.05) is 18.2 Å². The zero-order valence-corrected chi connectivity index (χ0v) is 7.93. The number of H-pyrrole nitrogens is 1. The number of fused-ring (bicyclic) bond motifs is 1. The van der Waals surface area contributed by atoms with Gasteiger partial charge in [0.15, 0.2) is 0 Å². The summed E-state index contributed by atoms with van der Waals surface area (Å²) in [5.41, 5.74) is 1.96. The molecule has 0 spiro atoms. The lowest BCUT2D eigenvalue weighted by atomic mass is 10.3. The Bertz CT molecular complexity index is 420. The first kappa shape index (κ1) is 8.57. The molecule has 0 saturated heterocycles. The smallest absolute Gasteiger partial charge is 0.107 e. The van der Waals surface area contributed by atoms with Gasteiger partial charge in [-0.1, -0.05) is 18.5 Å². The number of benzene rings is 1. The summed E-state index contributed by atoms with van der Waals surface area (Å²) in [5, 5.41) is 0.734. The summed E-state index contributed by atoms with van der Waals surface area (Å²) in [6, 6.07) is 5.65. The van der Waals surface area contributed by atoms with E-state index in [0.29, 0.717) is 0 Å². The van der Waals surface area contributed by atoms with Gasteiger partial charge in [0.25, 0.3) is 0 Å². The van der Waals surface area contributed by atoms with Crippen molar-refractivity contribution in [1.29, 1.82) is 0 Å². The topological polar surface area (TPSA) is 28.7 Å². The molecule has 2 aromatic rings. The lowest BCUT2D eigenvalue weighted by molar-refractivity contribution is 0.915. The van der Waals surface area contributed by atoms with E-state index in [-0.39, 0.29) is 0 Å². The second kappa shape index (κ2) is 3.38. The van der Waals surface area contributed by atoms with E-state index >= 15 is 0 Å². The minimum atomic E-state index is 0.734. The second-order valence-electron chi connectivity index (χ2n) is 2.95. The number of aromatic nitrogens is 2. The third kappa shape index (κ3) is 1.68. The second-order valence-corrected chi connectivity index (χ2v) is 3.38. The van der Waals surface area contributed by atoms with Crippen LogP contribution in [0.15, 0.2) is 18.2 Å². The molecule has 0 amide bonds. The Morgan fingerprint density at radius 1 is 1.46 bits per heavy atom. The predicted octanol–water partition coefficient (Wildman–Crippen LogP) is 2.98. The molecule has 1 aromatic carbocycles. The van der Waals surface area contributed by atoms with Crippen LogP contribution >= 0.6 is 11.6 Å². The third-order valence-electron chi connectivity index (χ3n) is 1.91. The molecule has 3 heteroatoms. The van der Waals surface area contributed by atoms with Gasteiger partial charge in [0.1, 0.15) is 5.82 Å². The van der Waals surface area contributed by atoms with Crippen molar-refractivity contribution in [3.05, 3.63) is 36.0 Å². The molecule has 0 fully saturated rings. The Balaban J connectivity index is 2.49. The lowest BCUT2D eigenvalue weighted by Gasteiger charge is -1.88. The van der Waals surface area contributed by atoms with Crippen LogP contribution in [-0.2, 0) is 6.42 Å². The van der Waals surface area contributed by atoms with Crippen molar-refractivity contribution in [3.63, 3.8) is 0 Å². The summed E-state index contributed by atoms with van der Waals surface area (Å²) in [6.07, 6.45) is 1.74. The molecule has 1 heterocycles. The molecule has 67 valence electrons. The monoisotopic (exact) mass is 193 g/mol. The first-order chi connectivity index (χ1) is 6.29. The van der Waals surface area contributed by atoms with Crippen molar-refractivity contribution in [1.82, 2.24) is 9.97 Å². The molecular formula is C10H10ClN2. The van der Waals surface area contributed by atoms with Crippen LogP contribution in [0.5, 0.6) is 0 Å². The summed E-state index contributed by atoms with van der Waals surface area (Å²) in [4.78, 5) is 7.59. The maximum Gasteiger partial charge on any atom is 0.107 e. The average molecular weight is 194 g/mol. The first-order valence-corrected chi connectivity index (χ1v) is 4.61. The number of hydrogen-bond acceptors (Lipinski definition) is 1. The number of aromatic amines is 1. The van der Waals surface area contributed by atoms with Gasteiger partial charge in [-0.15, -0.1) is 0 Å². The summed E-state index contributed by atoms with van der Waals surface area (Å²) < 4.78 is 0. The van der Waals surface area contributed by atoms with Crippen LogP contribution in [0.1, 0.15) is 12.2 Å². The number of imidazole rings is 1. The summed E-state index contributed by atoms with van der Waals surface area (Å²) >= 11 is 5.84. The fourth-order valence-corrected chi connectivity index (χ4v) is 1.49. The molecule has 0 aliphatic rings. The zero-order valence-electron chi connectivity index (χ0n) is 7.18. The van der Waals surface area contributed by atoms with Crippen molar-refractivity contribution < 1.29 is 0 Å². The molecule has 1 radical (unpaired) electrons. The van der Waals surface area contributed by atoms with Crippen molar-refractivity contribution >= 4 is 22.6 Å². The highest BCUT2D eigenvalue weighted by atomic mass is 35.5. The summed E-state index contributed by atoms with van der Waals surface area (Å²) in [5.74, 6) is 0.979. The number of rotatable bonds is 2.